The van der Waals surface area contributed by atoms with Gasteiger partial charge in [0.2, 0.25) is 0 Å². The first-order valence-electron chi connectivity index (χ1n) is 12.0. The average molecular weight is 459 g/mol. The second kappa shape index (κ2) is 16.6. The molecule has 32 heavy (non-hydrogen) atoms. The lowest BCUT2D eigenvalue weighted by molar-refractivity contribution is -0.883. The fourth-order valence-corrected chi connectivity index (χ4v) is 3.04. The molecule has 188 valence electrons. The molecule has 0 aliphatic carbocycles. The third-order valence-corrected chi connectivity index (χ3v) is 4.69. The number of ether oxygens (including phenoxy) is 1. The number of hydrogen-bond acceptors (Lipinski definition) is 4. The molecule has 9 heteroatoms. The van der Waals surface area contributed by atoms with E-state index >= 15 is 0 Å². The van der Waals surface area contributed by atoms with Crippen LogP contribution < -0.4 is 21.3 Å². The van der Waals surface area contributed by atoms with Gasteiger partial charge in [-0.25, -0.2) is 14.4 Å². The number of hydrogen-bond donors (Lipinski definition) is 4. The van der Waals surface area contributed by atoms with Gasteiger partial charge in [0.05, 0.1) is 20.6 Å². The van der Waals surface area contributed by atoms with Crippen LogP contribution in [0.1, 0.15) is 72.6 Å². The largest absolute Gasteiger partial charge is 0.456 e. The highest BCUT2D eigenvalue weighted by Crippen LogP contribution is 2.09. The van der Waals surface area contributed by atoms with Crippen molar-refractivity contribution < 1.29 is 23.6 Å². The maximum Gasteiger partial charge on any atom is 0.362 e. The lowest BCUT2D eigenvalue weighted by atomic mass is 10.2. The number of nitrogens with zero attached hydrogens (tertiary/aromatic N) is 1. The maximum atomic E-state index is 12.0. The van der Waals surface area contributed by atoms with E-state index in [-0.39, 0.29) is 18.0 Å². The van der Waals surface area contributed by atoms with Gasteiger partial charge in [0.15, 0.2) is 6.54 Å². The number of urea groups is 2. The molecule has 0 aromatic rings. The molecule has 0 fully saturated rings. The number of likely N-dealkylation sites (N-methyl/N-ethyl adjacent to an activating group) is 1. The van der Waals surface area contributed by atoms with Crippen molar-refractivity contribution in [3.05, 3.63) is 0 Å². The molecule has 0 aliphatic rings. The zero-order valence-corrected chi connectivity index (χ0v) is 21.3. The minimum Gasteiger partial charge on any atom is -0.456 e. The van der Waals surface area contributed by atoms with Crippen molar-refractivity contribution in [2.24, 2.45) is 0 Å². The number of carbonyl (C=O) groups excluding carboxylic acids is 3. The Morgan fingerprint density at radius 3 is 1.59 bits per heavy atom. The Morgan fingerprint density at radius 1 is 0.719 bits per heavy atom. The number of nitrogens with one attached hydrogen (secondary N) is 4. The van der Waals surface area contributed by atoms with E-state index in [4.69, 9.17) is 4.74 Å². The minimum atomic E-state index is -0.479. The quantitative estimate of drug-likeness (QED) is 0.162. The third kappa shape index (κ3) is 19.9. The first kappa shape index (κ1) is 30.0. The topological polar surface area (TPSA) is 109 Å². The van der Waals surface area contributed by atoms with Crippen molar-refractivity contribution in [1.82, 2.24) is 21.3 Å². The van der Waals surface area contributed by atoms with Gasteiger partial charge in [-0.2, -0.15) is 0 Å². The van der Waals surface area contributed by atoms with E-state index in [2.05, 4.69) is 28.2 Å². The molecule has 4 N–H and O–H groups in total. The Balaban J connectivity index is 3.67. The van der Waals surface area contributed by atoms with Gasteiger partial charge in [-0.15, -0.1) is 0 Å². The van der Waals surface area contributed by atoms with Crippen molar-refractivity contribution in [2.45, 2.75) is 78.2 Å². The van der Waals surface area contributed by atoms with Crippen LogP contribution in [-0.4, -0.2) is 81.5 Å². The third-order valence-electron chi connectivity index (χ3n) is 4.69. The lowest BCUT2D eigenvalue weighted by Crippen LogP contribution is -2.47. The Morgan fingerprint density at radius 2 is 1.16 bits per heavy atom. The van der Waals surface area contributed by atoms with E-state index in [0.717, 1.165) is 38.6 Å². The highest BCUT2D eigenvalue weighted by Gasteiger charge is 2.24. The first-order valence-corrected chi connectivity index (χ1v) is 12.0. The van der Waals surface area contributed by atoms with Crippen molar-refractivity contribution in [1.29, 1.82) is 0 Å². The zero-order chi connectivity index (χ0) is 24.5. The molecule has 0 saturated carbocycles. The molecule has 0 saturated heterocycles. The van der Waals surface area contributed by atoms with Crippen LogP contribution >= 0.6 is 0 Å². The fraction of sp³-hybridized carbons (Fsp3) is 0.870. The molecule has 9 nitrogen and oxygen atoms in total. The van der Waals surface area contributed by atoms with Gasteiger partial charge >= 0.3 is 18.0 Å². The summed E-state index contributed by atoms with van der Waals surface area (Å²) >= 11 is 0. The number of quaternary nitrogens is 1. The van der Waals surface area contributed by atoms with Crippen LogP contribution in [0.4, 0.5) is 9.59 Å². The summed E-state index contributed by atoms with van der Waals surface area (Å²) in [5, 5.41) is 11.3. The van der Waals surface area contributed by atoms with Crippen LogP contribution in [0.3, 0.4) is 0 Å². The van der Waals surface area contributed by atoms with E-state index in [0.29, 0.717) is 37.2 Å². The van der Waals surface area contributed by atoms with Crippen LogP contribution in [0.15, 0.2) is 0 Å². The Labute approximate surface area is 195 Å². The Hall–Kier alpha value is -2.03. The molecule has 0 aromatic heterocycles. The van der Waals surface area contributed by atoms with Crippen LogP contribution in [0.2, 0.25) is 0 Å². The minimum absolute atomic E-state index is 0.125. The molecule has 0 aliphatic heterocycles. The van der Waals surface area contributed by atoms with Crippen LogP contribution in [0, 0.1) is 0 Å². The highest BCUT2D eigenvalue weighted by atomic mass is 16.6. The number of rotatable bonds is 16. The molecular formula is C23H48N5O4+. The Bertz CT molecular complexity index is 547. The normalized spacial score (nSPS) is 11.6. The van der Waals surface area contributed by atoms with Crippen molar-refractivity contribution in [3.63, 3.8) is 0 Å². The molecule has 0 spiro atoms. The van der Waals surface area contributed by atoms with Gasteiger partial charge in [0.25, 0.3) is 0 Å². The molecule has 0 atom stereocenters. The summed E-state index contributed by atoms with van der Waals surface area (Å²) in [6.45, 7) is 11.2. The lowest BCUT2D eigenvalue weighted by Gasteiger charge is -2.30. The summed E-state index contributed by atoms with van der Waals surface area (Å²) in [7, 11) is 3.95. The molecule has 4 amide bonds. The predicted octanol–water partition coefficient (Wildman–Crippen LogP) is 2.75. The van der Waals surface area contributed by atoms with E-state index < -0.39 is 5.60 Å². The van der Waals surface area contributed by atoms with Gasteiger partial charge in [0.1, 0.15) is 5.60 Å². The number of carbonyl (C=O) groups is 3. The SMILES string of the molecule is CCCCCCNC(=O)NCCCCNC(=O)NCCC[N+](C)(C)CC(=O)OC(C)(C)C. The van der Waals surface area contributed by atoms with Crippen molar-refractivity contribution in [2.75, 3.05) is 53.4 Å². The molecule has 0 aromatic carbocycles. The standard InChI is InChI=1S/C23H47N5O4/c1-7-8-9-10-14-24-21(30)25-15-11-12-16-26-22(31)27-17-13-18-28(5,6)19-20(29)32-23(2,3)4/h7-19H2,1-6H3,(H3-,24,25,26,27,30,31)/p+1. The molecular weight excluding hydrogens is 410 g/mol. The molecule has 0 heterocycles. The second-order valence-electron chi connectivity index (χ2n) is 9.89. The predicted molar refractivity (Wildman–Crippen MR) is 128 cm³/mol. The van der Waals surface area contributed by atoms with E-state index in [9.17, 15) is 14.4 Å². The summed E-state index contributed by atoms with van der Waals surface area (Å²) in [6.07, 6.45) is 6.92. The zero-order valence-electron chi connectivity index (χ0n) is 21.3. The maximum absolute atomic E-state index is 12.0. The van der Waals surface area contributed by atoms with Gasteiger partial charge in [-0.05, 0) is 40.0 Å². The van der Waals surface area contributed by atoms with Crippen LogP contribution in [-0.2, 0) is 9.53 Å². The first-order chi connectivity index (χ1) is 14.9. The summed E-state index contributed by atoms with van der Waals surface area (Å²) in [6, 6.07) is -0.319. The second-order valence-corrected chi connectivity index (χ2v) is 9.89. The number of unbranched alkanes of at least 4 members (excludes halogenated alkanes) is 4. The number of amides is 4. The van der Waals surface area contributed by atoms with Gasteiger partial charge < -0.3 is 30.5 Å². The number of esters is 1. The fourth-order valence-electron chi connectivity index (χ4n) is 3.04. The molecule has 0 unspecified atom stereocenters. The van der Waals surface area contributed by atoms with Gasteiger partial charge in [0, 0.05) is 32.6 Å². The summed E-state index contributed by atoms with van der Waals surface area (Å²) in [4.78, 5) is 35.5. The monoisotopic (exact) mass is 458 g/mol. The van der Waals surface area contributed by atoms with Gasteiger partial charge in [-0.1, -0.05) is 26.2 Å². The molecule has 0 rings (SSSR count). The van der Waals surface area contributed by atoms with Crippen LogP contribution in [0.5, 0.6) is 0 Å². The highest BCUT2D eigenvalue weighted by molar-refractivity contribution is 5.74. The Kier molecular flexibility index (Phi) is 15.5. The summed E-state index contributed by atoms with van der Waals surface area (Å²) in [5.41, 5.74) is -0.479. The summed E-state index contributed by atoms with van der Waals surface area (Å²) in [5.74, 6) is -0.216. The van der Waals surface area contributed by atoms with E-state index in [1.807, 2.05) is 34.9 Å². The van der Waals surface area contributed by atoms with Gasteiger partial charge in [-0.3, -0.25) is 0 Å². The van der Waals surface area contributed by atoms with E-state index in [1.165, 1.54) is 12.8 Å². The van der Waals surface area contributed by atoms with E-state index in [1.54, 1.807) is 0 Å². The smallest absolute Gasteiger partial charge is 0.362 e. The molecule has 0 radical (unpaired) electrons. The molecule has 0 bridgehead atoms. The van der Waals surface area contributed by atoms with Crippen LogP contribution in [0.25, 0.3) is 0 Å². The average Bonchev–Trinajstić information content (AvgIpc) is 2.65. The van der Waals surface area contributed by atoms with Crippen molar-refractivity contribution >= 4 is 18.0 Å². The summed E-state index contributed by atoms with van der Waals surface area (Å²) < 4.78 is 5.88. The van der Waals surface area contributed by atoms with Crippen molar-refractivity contribution in [3.8, 4) is 0 Å².